The van der Waals surface area contributed by atoms with Crippen molar-refractivity contribution in [3.05, 3.63) is 65.2 Å². The molecular weight excluding hydrogens is 406 g/mol. The predicted octanol–water partition coefficient (Wildman–Crippen LogP) is 4.46. The van der Waals surface area contributed by atoms with Crippen molar-refractivity contribution in [1.82, 2.24) is 5.32 Å². The van der Waals surface area contributed by atoms with Crippen molar-refractivity contribution >= 4 is 47.0 Å². The van der Waals surface area contributed by atoms with Crippen LogP contribution in [-0.2, 0) is 14.3 Å². The van der Waals surface area contributed by atoms with Gasteiger partial charge in [-0.15, -0.1) is 0 Å². The Bertz CT molecular complexity index is 951. The molecule has 2 aromatic carbocycles. The molecule has 0 saturated heterocycles. The van der Waals surface area contributed by atoms with E-state index in [1.165, 1.54) is 6.08 Å². The van der Waals surface area contributed by atoms with E-state index in [1.807, 2.05) is 12.1 Å². The lowest BCUT2D eigenvalue weighted by Gasteiger charge is -2.19. The Morgan fingerprint density at radius 1 is 1.00 bits per heavy atom. The summed E-state index contributed by atoms with van der Waals surface area (Å²) in [6.07, 6.45) is 2.31. The Labute approximate surface area is 180 Å². The van der Waals surface area contributed by atoms with Gasteiger partial charge in [-0.1, -0.05) is 35.9 Å². The van der Waals surface area contributed by atoms with Crippen molar-refractivity contribution in [3.63, 3.8) is 0 Å². The molecule has 0 unspecified atom stereocenters. The smallest absolute Gasteiger partial charge is 0.408 e. The third-order valence-corrected chi connectivity index (χ3v) is 3.87. The van der Waals surface area contributed by atoms with Crippen molar-refractivity contribution in [2.75, 3.05) is 17.2 Å². The van der Waals surface area contributed by atoms with E-state index in [9.17, 15) is 14.4 Å². The van der Waals surface area contributed by atoms with Crippen LogP contribution in [0.1, 0.15) is 26.3 Å². The third-order valence-electron chi connectivity index (χ3n) is 3.53. The van der Waals surface area contributed by atoms with Crippen molar-refractivity contribution in [2.24, 2.45) is 0 Å². The second kappa shape index (κ2) is 10.5. The third kappa shape index (κ3) is 8.36. The minimum Gasteiger partial charge on any atom is -0.444 e. The van der Waals surface area contributed by atoms with Gasteiger partial charge in [-0.2, -0.15) is 0 Å². The quantitative estimate of drug-likeness (QED) is 0.591. The first-order valence-electron chi connectivity index (χ1n) is 9.23. The zero-order valence-electron chi connectivity index (χ0n) is 17.0. The van der Waals surface area contributed by atoms with Crippen LogP contribution in [-0.4, -0.2) is 30.1 Å². The standard InChI is InChI=1S/C22H24ClN3O4/c1-22(2,3)30-21(29)24-14-20(28)26-17-9-6-8-16(13-17)25-19(27)12-11-15-7-4-5-10-18(15)23/h4-13H,14H2,1-3H3,(H,24,29)(H,25,27)(H,26,28)/b12-11+. The van der Waals surface area contributed by atoms with Crippen molar-refractivity contribution in [2.45, 2.75) is 26.4 Å². The maximum atomic E-state index is 12.1. The highest BCUT2D eigenvalue weighted by molar-refractivity contribution is 6.32. The fourth-order valence-corrected chi connectivity index (χ4v) is 2.50. The summed E-state index contributed by atoms with van der Waals surface area (Å²) in [5.74, 6) is -0.770. The molecule has 2 aromatic rings. The molecule has 7 nitrogen and oxygen atoms in total. The van der Waals surface area contributed by atoms with Crippen LogP contribution < -0.4 is 16.0 Å². The Morgan fingerprint density at radius 2 is 1.67 bits per heavy atom. The van der Waals surface area contributed by atoms with Gasteiger partial charge in [-0.05, 0) is 56.7 Å². The fraction of sp³-hybridized carbons (Fsp3) is 0.227. The summed E-state index contributed by atoms with van der Waals surface area (Å²) < 4.78 is 5.07. The molecule has 0 fully saturated rings. The molecule has 158 valence electrons. The summed E-state index contributed by atoms with van der Waals surface area (Å²) in [4.78, 5) is 35.7. The summed E-state index contributed by atoms with van der Waals surface area (Å²) in [7, 11) is 0. The van der Waals surface area contributed by atoms with Gasteiger partial charge in [0.15, 0.2) is 0 Å². The number of amides is 3. The number of ether oxygens (including phenoxy) is 1. The van der Waals surface area contributed by atoms with E-state index >= 15 is 0 Å². The van der Waals surface area contributed by atoms with Gasteiger partial charge in [-0.25, -0.2) is 4.79 Å². The SMILES string of the molecule is CC(C)(C)OC(=O)NCC(=O)Nc1cccc(NC(=O)/C=C/c2ccccc2Cl)c1. The fourth-order valence-electron chi connectivity index (χ4n) is 2.31. The molecule has 0 aliphatic heterocycles. The Morgan fingerprint density at radius 3 is 2.33 bits per heavy atom. The van der Waals surface area contributed by atoms with Crippen LogP contribution in [0.5, 0.6) is 0 Å². The molecule has 0 aliphatic carbocycles. The molecule has 3 amide bonds. The molecule has 0 saturated carbocycles. The number of alkyl carbamates (subject to hydrolysis) is 1. The average Bonchev–Trinajstić information content (AvgIpc) is 2.65. The van der Waals surface area contributed by atoms with Gasteiger partial charge in [-0.3, -0.25) is 9.59 Å². The first kappa shape index (κ1) is 23.0. The van der Waals surface area contributed by atoms with E-state index in [0.29, 0.717) is 16.4 Å². The maximum absolute atomic E-state index is 12.1. The highest BCUT2D eigenvalue weighted by Gasteiger charge is 2.16. The molecule has 0 aromatic heterocycles. The van der Waals surface area contributed by atoms with E-state index in [0.717, 1.165) is 5.56 Å². The molecule has 0 bridgehead atoms. The van der Waals surface area contributed by atoms with Gasteiger partial charge >= 0.3 is 6.09 Å². The van der Waals surface area contributed by atoms with Gasteiger partial charge in [0.2, 0.25) is 11.8 Å². The topological polar surface area (TPSA) is 96.5 Å². The van der Waals surface area contributed by atoms with Crippen LogP contribution in [0.15, 0.2) is 54.6 Å². The summed E-state index contributed by atoms with van der Waals surface area (Å²) in [6.45, 7) is 4.95. The highest BCUT2D eigenvalue weighted by Crippen LogP contribution is 2.17. The zero-order chi connectivity index (χ0) is 22.1. The van der Waals surface area contributed by atoms with Crippen molar-refractivity contribution in [3.8, 4) is 0 Å². The molecular formula is C22H24ClN3O4. The number of benzene rings is 2. The molecule has 0 radical (unpaired) electrons. The highest BCUT2D eigenvalue weighted by atomic mass is 35.5. The van der Waals surface area contributed by atoms with Gasteiger partial charge in [0.05, 0.1) is 0 Å². The Hall–Kier alpha value is -3.32. The summed E-state index contributed by atoms with van der Waals surface area (Å²) in [5.41, 5.74) is 1.06. The summed E-state index contributed by atoms with van der Waals surface area (Å²) in [5, 5.41) is 8.28. The number of hydrogen-bond acceptors (Lipinski definition) is 4. The van der Waals surface area contributed by atoms with E-state index in [4.69, 9.17) is 16.3 Å². The molecule has 30 heavy (non-hydrogen) atoms. The first-order valence-corrected chi connectivity index (χ1v) is 9.60. The van der Waals surface area contributed by atoms with Crippen LogP contribution in [0.25, 0.3) is 6.08 Å². The van der Waals surface area contributed by atoms with E-state index in [-0.39, 0.29) is 12.5 Å². The number of anilines is 2. The molecule has 0 heterocycles. The second-order valence-corrected chi connectivity index (χ2v) is 7.74. The van der Waals surface area contributed by atoms with Crippen LogP contribution in [0, 0.1) is 0 Å². The van der Waals surface area contributed by atoms with Gasteiger partial charge < -0.3 is 20.7 Å². The average molecular weight is 430 g/mol. The number of rotatable bonds is 6. The zero-order valence-corrected chi connectivity index (χ0v) is 17.7. The Kier molecular flexibility index (Phi) is 8.00. The van der Waals surface area contributed by atoms with Crippen molar-refractivity contribution < 1.29 is 19.1 Å². The molecule has 2 rings (SSSR count). The van der Waals surface area contributed by atoms with Gasteiger partial charge in [0.25, 0.3) is 0 Å². The van der Waals surface area contributed by atoms with E-state index in [2.05, 4.69) is 16.0 Å². The Balaban J connectivity index is 1.88. The first-order chi connectivity index (χ1) is 14.1. The monoisotopic (exact) mass is 429 g/mol. The second-order valence-electron chi connectivity index (χ2n) is 7.33. The number of carbonyl (C=O) groups excluding carboxylic acids is 3. The lowest BCUT2D eigenvalue weighted by atomic mass is 10.2. The molecule has 3 N–H and O–H groups in total. The normalized spacial score (nSPS) is 11.1. The van der Waals surface area contributed by atoms with Crippen LogP contribution in [0.3, 0.4) is 0 Å². The number of hydrogen-bond donors (Lipinski definition) is 3. The van der Waals surface area contributed by atoms with E-state index < -0.39 is 17.6 Å². The largest absolute Gasteiger partial charge is 0.444 e. The summed E-state index contributed by atoms with van der Waals surface area (Å²) >= 11 is 6.06. The summed E-state index contributed by atoms with van der Waals surface area (Å²) in [6, 6.07) is 13.8. The molecule has 8 heteroatoms. The molecule has 0 spiro atoms. The molecule has 0 atom stereocenters. The minimum absolute atomic E-state index is 0.244. The lowest BCUT2D eigenvalue weighted by molar-refractivity contribution is -0.115. The number of nitrogens with one attached hydrogen (secondary N) is 3. The minimum atomic E-state index is -0.677. The number of carbonyl (C=O) groups is 3. The van der Waals surface area contributed by atoms with Gasteiger partial charge in [0, 0.05) is 22.5 Å². The van der Waals surface area contributed by atoms with Crippen LogP contribution in [0.2, 0.25) is 5.02 Å². The van der Waals surface area contributed by atoms with E-state index in [1.54, 1.807) is 63.2 Å². The maximum Gasteiger partial charge on any atom is 0.408 e. The molecule has 0 aliphatic rings. The van der Waals surface area contributed by atoms with Crippen LogP contribution in [0.4, 0.5) is 16.2 Å². The predicted molar refractivity (Wildman–Crippen MR) is 118 cm³/mol. The van der Waals surface area contributed by atoms with Crippen LogP contribution >= 0.6 is 11.6 Å². The lowest BCUT2D eigenvalue weighted by Crippen LogP contribution is -2.37. The van der Waals surface area contributed by atoms with Crippen molar-refractivity contribution in [1.29, 1.82) is 0 Å². The van der Waals surface area contributed by atoms with Gasteiger partial charge in [0.1, 0.15) is 12.1 Å². The number of halogens is 1.